The Kier molecular flexibility index (Phi) is 7.91. The van der Waals surface area contributed by atoms with Crippen molar-refractivity contribution in [3.8, 4) is 0 Å². The number of nitrogens with zero attached hydrogens (tertiary/aromatic N) is 2. The third-order valence-electron chi connectivity index (χ3n) is 4.49. The lowest BCUT2D eigenvalue weighted by Gasteiger charge is -2.26. The highest BCUT2D eigenvalue weighted by atomic mass is 35.5. The molecule has 0 radical (unpaired) electrons. The Labute approximate surface area is 195 Å². The van der Waals surface area contributed by atoms with Crippen molar-refractivity contribution in [2.24, 2.45) is 0 Å². The minimum absolute atomic E-state index is 0.000885. The number of hydrogen-bond donors (Lipinski definition) is 0. The van der Waals surface area contributed by atoms with Gasteiger partial charge in [-0.3, -0.25) is 4.79 Å². The van der Waals surface area contributed by atoms with E-state index < -0.39 is 12.1 Å². The second-order valence-corrected chi connectivity index (χ2v) is 7.96. The second-order valence-electron chi connectivity index (χ2n) is 6.80. The lowest BCUT2D eigenvalue weighted by Crippen LogP contribution is -2.39. The summed E-state index contributed by atoms with van der Waals surface area (Å²) in [6.07, 6.45) is 0.142. The standard InChI is InChI=1S/C23H19Cl3N2O3/c1-15(31-23(30)21-20(26)19(25)18(24)12-27-21)22(29)28(13-16-8-4-2-5-9-16)14-17-10-6-3-7-11-17/h2-12,15H,13-14H2,1H3. The molecule has 0 aliphatic carbocycles. The number of pyridine rings is 1. The van der Waals surface area contributed by atoms with Gasteiger partial charge in [0.25, 0.3) is 5.91 Å². The van der Waals surface area contributed by atoms with E-state index in [1.807, 2.05) is 60.7 Å². The van der Waals surface area contributed by atoms with Gasteiger partial charge in [0.15, 0.2) is 11.8 Å². The molecule has 3 rings (SSSR count). The highest BCUT2D eigenvalue weighted by Gasteiger charge is 2.27. The lowest BCUT2D eigenvalue weighted by atomic mass is 10.1. The van der Waals surface area contributed by atoms with Crippen LogP contribution in [0, 0.1) is 0 Å². The van der Waals surface area contributed by atoms with E-state index in [4.69, 9.17) is 39.5 Å². The first-order valence-electron chi connectivity index (χ1n) is 9.44. The SMILES string of the molecule is CC(OC(=O)c1ncc(Cl)c(Cl)c1Cl)C(=O)N(Cc1ccccc1)Cc1ccccc1. The van der Waals surface area contributed by atoms with Gasteiger partial charge in [0.2, 0.25) is 0 Å². The summed E-state index contributed by atoms with van der Waals surface area (Å²) in [4.78, 5) is 31.2. The zero-order valence-electron chi connectivity index (χ0n) is 16.6. The molecule has 3 aromatic rings. The molecule has 0 saturated carbocycles. The Balaban J connectivity index is 1.77. The highest BCUT2D eigenvalue weighted by molar-refractivity contribution is 6.48. The van der Waals surface area contributed by atoms with Crippen molar-refractivity contribution in [2.45, 2.75) is 26.1 Å². The van der Waals surface area contributed by atoms with Crippen LogP contribution in [0.15, 0.2) is 66.9 Å². The molecule has 0 fully saturated rings. The predicted octanol–water partition coefficient (Wildman–Crippen LogP) is 5.82. The number of rotatable bonds is 7. The quantitative estimate of drug-likeness (QED) is 0.403. The Morgan fingerprint density at radius 3 is 1.94 bits per heavy atom. The molecule has 1 atom stereocenters. The number of ether oxygens (including phenoxy) is 1. The van der Waals surface area contributed by atoms with Crippen LogP contribution in [0.5, 0.6) is 0 Å². The van der Waals surface area contributed by atoms with Crippen molar-refractivity contribution in [3.63, 3.8) is 0 Å². The molecule has 1 heterocycles. The van der Waals surface area contributed by atoms with Crippen molar-refractivity contribution in [1.29, 1.82) is 0 Å². The molecular formula is C23H19Cl3N2O3. The van der Waals surface area contributed by atoms with Gasteiger partial charge in [0.05, 0.1) is 15.1 Å². The third-order valence-corrected chi connectivity index (χ3v) is 5.73. The van der Waals surface area contributed by atoms with Gasteiger partial charge in [0.1, 0.15) is 0 Å². The average molecular weight is 478 g/mol. The maximum atomic E-state index is 13.2. The van der Waals surface area contributed by atoms with Crippen molar-refractivity contribution >= 4 is 46.7 Å². The van der Waals surface area contributed by atoms with Gasteiger partial charge in [-0.1, -0.05) is 95.5 Å². The number of carbonyl (C=O) groups excluding carboxylic acids is 2. The smallest absolute Gasteiger partial charge is 0.359 e. The van der Waals surface area contributed by atoms with Crippen molar-refractivity contribution in [1.82, 2.24) is 9.88 Å². The van der Waals surface area contributed by atoms with E-state index in [0.29, 0.717) is 13.1 Å². The van der Waals surface area contributed by atoms with E-state index >= 15 is 0 Å². The summed E-state index contributed by atoms with van der Waals surface area (Å²) < 4.78 is 5.35. The summed E-state index contributed by atoms with van der Waals surface area (Å²) in [5.74, 6) is -1.21. The fraction of sp³-hybridized carbons (Fsp3) is 0.174. The Hall–Kier alpha value is -2.60. The minimum atomic E-state index is -1.06. The fourth-order valence-corrected chi connectivity index (χ4v) is 3.49. The average Bonchev–Trinajstić information content (AvgIpc) is 2.78. The second kappa shape index (κ2) is 10.6. The third kappa shape index (κ3) is 5.97. The molecule has 0 spiro atoms. The normalized spacial score (nSPS) is 11.6. The van der Waals surface area contributed by atoms with E-state index in [0.717, 1.165) is 11.1 Å². The van der Waals surface area contributed by atoms with Gasteiger partial charge in [-0.2, -0.15) is 0 Å². The van der Waals surface area contributed by atoms with Crippen LogP contribution in [0.1, 0.15) is 28.5 Å². The highest BCUT2D eigenvalue weighted by Crippen LogP contribution is 2.31. The van der Waals surface area contributed by atoms with Gasteiger partial charge >= 0.3 is 5.97 Å². The van der Waals surface area contributed by atoms with E-state index in [9.17, 15) is 9.59 Å². The molecule has 31 heavy (non-hydrogen) atoms. The van der Waals surface area contributed by atoms with E-state index in [2.05, 4.69) is 4.98 Å². The van der Waals surface area contributed by atoms with Crippen LogP contribution in [0.3, 0.4) is 0 Å². The van der Waals surface area contributed by atoms with Crippen LogP contribution < -0.4 is 0 Å². The maximum absolute atomic E-state index is 13.2. The Bertz CT molecular complexity index is 1020. The molecule has 1 aromatic heterocycles. The molecule has 0 N–H and O–H groups in total. The number of benzene rings is 2. The predicted molar refractivity (Wildman–Crippen MR) is 121 cm³/mol. The number of hydrogen-bond acceptors (Lipinski definition) is 4. The minimum Gasteiger partial charge on any atom is -0.448 e. The van der Waals surface area contributed by atoms with Crippen molar-refractivity contribution in [2.75, 3.05) is 0 Å². The molecule has 0 bridgehead atoms. The van der Waals surface area contributed by atoms with Gasteiger partial charge in [-0.25, -0.2) is 9.78 Å². The van der Waals surface area contributed by atoms with Gasteiger partial charge in [-0.15, -0.1) is 0 Å². The largest absolute Gasteiger partial charge is 0.448 e. The van der Waals surface area contributed by atoms with E-state index in [-0.39, 0.29) is 26.7 Å². The van der Waals surface area contributed by atoms with Crippen LogP contribution in [0.2, 0.25) is 15.1 Å². The summed E-state index contributed by atoms with van der Waals surface area (Å²) in [5.41, 5.74) is 1.72. The van der Waals surface area contributed by atoms with E-state index in [1.54, 1.807) is 4.90 Å². The van der Waals surface area contributed by atoms with Crippen LogP contribution in [-0.2, 0) is 22.6 Å². The van der Waals surface area contributed by atoms with Gasteiger partial charge < -0.3 is 9.64 Å². The number of aromatic nitrogens is 1. The van der Waals surface area contributed by atoms with Gasteiger partial charge in [-0.05, 0) is 18.1 Å². The zero-order valence-corrected chi connectivity index (χ0v) is 18.9. The summed E-state index contributed by atoms with van der Waals surface area (Å²) >= 11 is 17.9. The summed E-state index contributed by atoms with van der Waals surface area (Å²) in [5, 5.41) is -0.00692. The van der Waals surface area contributed by atoms with Crippen molar-refractivity contribution in [3.05, 3.63) is 98.7 Å². The maximum Gasteiger partial charge on any atom is 0.359 e. The fourth-order valence-electron chi connectivity index (χ4n) is 2.93. The summed E-state index contributed by atoms with van der Waals surface area (Å²) in [7, 11) is 0. The lowest BCUT2D eigenvalue weighted by molar-refractivity contribution is -0.141. The molecule has 2 aromatic carbocycles. The Morgan fingerprint density at radius 2 is 1.42 bits per heavy atom. The molecule has 5 nitrogen and oxygen atoms in total. The molecule has 0 aliphatic rings. The monoisotopic (exact) mass is 476 g/mol. The number of amides is 1. The van der Waals surface area contributed by atoms with Crippen LogP contribution in [0.25, 0.3) is 0 Å². The number of halogens is 3. The van der Waals surface area contributed by atoms with Crippen molar-refractivity contribution < 1.29 is 14.3 Å². The summed E-state index contributed by atoms with van der Waals surface area (Å²) in [6.45, 7) is 2.24. The molecule has 0 aliphatic heterocycles. The Morgan fingerprint density at radius 1 is 0.903 bits per heavy atom. The van der Waals surface area contributed by atoms with Crippen LogP contribution in [0.4, 0.5) is 0 Å². The first kappa shape index (κ1) is 23.1. The van der Waals surface area contributed by atoms with Gasteiger partial charge in [0, 0.05) is 19.3 Å². The number of carbonyl (C=O) groups is 2. The number of esters is 1. The van der Waals surface area contributed by atoms with Crippen LogP contribution in [-0.4, -0.2) is 27.9 Å². The molecule has 8 heteroatoms. The first-order valence-corrected chi connectivity index (χ1v) is 10.6. The summed E-state index contributed by atoms with van der Waals surface area (Å²) in [6, 6.07) is 19.2. The molecule has 1 unspecified atom stereocenters. The molecule has 0 saturated heterocycles. The van der Waals surface area contributed by atoms with Crippen LogP contribution >= 0.6 is 34.8 Å². The molecule has 1 amide bonds. The van der Waals surface area contributed by atoms with E-state index in [1.165, 1.54) is 13.1 Å². The first-order chi connectivity index (χ1) is 14.9. The molecular weight excluding hydrogens is 459 g/mol. The molecule has 160 valence electrons. The zero-order chi connectivity index (χ0) is 22.4. The topological polar surface area (TPSA) is 59.5 Å².